The third kappa shape index (κ3) is 4.26. The summed E-state index contributed by atoms with van der Waals surface area (Å²) in [5, 5.41) is 14.5. The summed E-state index contributed by atoms with van der Waals surface area (Å²) in [7, 11) is 1.63. The molecule has 0 bridgehead atoms. The first-order valence-electron chi connectivity index (χ1n) is 11.3. The van der Waals surface area contributed by atoms with Crippen LogP contribution in [0.1, 0.15) is 31.9 Å². The summed E-state index contributed by atoms with van der Waals surface area (Å²) in [6.45, 7) is 7.10. The number of aryl methyl sites for hydroxylation is 1. The maximum Gasteiger partial charge on any atom is 0.271 e. The molecule has 2 aromatic carbocycles. The van der Waals surface area contributed by atoms with Crippen LogP contribution in [0.2, 0.25) is 0 Å². The molecule has 0 atom stereocenters. The Labute approximate surface area is 204 Å². The predicted octanol–water partition coefficient (Wildman–Crippen LogP) is 4.86. The Kier molecular flexibility index (Phi) is 6.39. The molecule has 0 spiro atoms. The molecule has 1 aliphatic heterocycles. The number of amides is 2. The number of aromatic nitrogens is 2. The number of hydrogen-bond donors (Lipinski definition) is 0. The highest BCUT2D eigenvalue weighted by Crippen LogP contribution is 2.33. The van der Waals surface area contributed by atoms with Crippen molar-refractivity contribution < 1.29 is 14.3 Å². The van der Waals surface area contributed by atoms with Gasteiger partial charge in [0.15, 0.2) is 0 Å². The minimum absolute atomic E-state index is 0.0261. The summed E-state index contributed by atoms with van der Waals surface area (Å²) in [4.78, 5) is 27.3. The monoisotopic (exact) mass is 466 g/mol. The normalized spacial score (nSPS) is 15.2. The fraction of sp³-hybridized carbons (Fsp3) is 0.214. The lowest BCUT2D eigenvalue weighted by Gasteiger charge is -2.30. The number of para-hydroxylation sites is 1. The summed E-state index contributed by atoms with van der Waals surface area (Å²) < 4.78 is 7.16. The number of carbonyl (C=O) groups excluding carboxylic acids is 2. The number of imide groups is 1. The molecule has 35 heavy (non-hydrogen) atoms. The lowest BCUT2D eigenvalue weighted by molar-refractivity contribution is -0.142. The number of nitriles is 1. The van der Waals surface area contributed by atoms with Crippen LogP contribution in [0.25, 0.3) is 23.0 Å². The summed E-state index contributed by atoms with van der Waals surface area (Å²) in [5.74, 6) is -0.221. The van der Waals surface area contributed by atoms with Crippen LogP contribution in [0, 0.1) is 18.3 Å². The lowest BCUT2D eigenvalue weighted by Crippen LogP contribution is -2.46. The van der Waals surface area contributed by atoms with Gasteiger partial charge in [0.2, 0.25) is 0 Å². The molecule has 3 aromatic rings. The molecule has 0 radical (unpaired) electrons. The van der Waals surface area contributed by atoms with Gasteiger partial charge in [-0.1, -0.05) is 18.2 Å². The second-order valence-corrected chi connectivity index (χ2v) is 8.64. The Hall–Kier alpha value is -4.44. The largest absolute Gasteiger partial charge is 0.496 e. The van der Waals surface area contributed by atoms with Crippen LogP contribution in [0.4, 0.5) is 0 Å². The van der Waals surface area contributed by atoms with Crippen molar-refractivity contribution in [3.8, 4) is 28.8 Å². The maximum atomic E-state index is 13.4. The van der Waals surface area contributed by atoms with Crippen LogP contribution in [-0.2, 0) is 9.59 Å². The van der Waals surface area contributed by atoms with E-state index >= 15 is 0 Å². The number of ether oxygens (including phenoxy) is 1. The van der Waals surface area contributed by atoms with E-state index in [0.29, 0.717) is 22.4 Å². The molecular formula is C28H26N4O3. The Balaban J connectivity index is 1.95. The highest BCUT2D eigenvalue weighted by atomic mass is 16.5. The molecule has 0 aliphatic carbocycles. The molecular weight excluding hydrogens is 440 g/mol. The number of hydrogen-bond acceptors (Lipinski definition) is 5. The van der Waals surface area contributed by atoms with E-state index in [1.54, 1.807) is 38.6 Å². The van der Waals surface area contributed by atoms with E-state index in [1.807, 2.05) is 67.7 Å². The highest BCUT2D eigenvalue weighted by molar-refractivity contribution is 6.20. The first kappa shape index (κ1) is 23.7. The number of benzene rings is 2. The molecule has 0 saturated heterocycles. The van der Waals surface area contributed by atoms with Crippen molar-refractivity contribution in [1.29, 1.82) is 5.26 Å². The summed E-state index contributed by atoms with van der Waals surface area (Å²) >= 11 is 0. The van der Waals surface area contributed by atoms with E-state index in [-0.39, 0.29) is 11.6 Å². The van der Waals surface area contributed by atoms with Gasteiger partial charge in [-0.3, -0.25) is 14.5 Å². The van der Waals surface area contributed by atoms with Crippen molar-refractivity contribution in [2.45, 2.75) is 33.7 Å². The van der Waals surface area contributed by atoms with Crippen LogP contribution >= 0.6 is 0 Å². The minimum atomic E-state index is -0.562. The average molecular weight is 467 g/mol. The van der Waals surface area contributed by atoms with Gasteiger partial charge in [-0.05, 0) is 75.2 Å². The van der Waals surface area contributed by atoms with Gasteiger partial charge >= 0.3 is 0 Å². The van der Waals surface area contributed by atoms with Crippen molar-refractivity contribution in [1.82, 2.24) is 14.7 Å². The van der Waals surface area contributed by atoms with Crippen molar-refractivity contribution in [3.63, 3.8) is 0 Å². The second-order valence-electron chi connectivity index (χ2n) is 8.64. The highest BCUT2D eigenvalue weighted by Gasteiger charge is 2.37. The molecule has 7 nitrogen and oxygen atoms in total. The van der Waals surface area contributed by atoms with Gasteiger partial charge in [-0.25, -0.2) is 4.68 Å². The third-order valence-corrected chi connectivity index (χ3v) is 6.02. The van der Waals surface area contributed by atoms with Gasteiger partial charge in [-0.2, -0.15) is 10.4 Å². The van der Waals surface area contributed by atoms with Gasteiger partial charge in [0.25, 0.3) is 11.8 Å². The predicted molar refractivity (Wildman–Crippen MR) is 134 cm³/mol. The van der Waals surface area contributed by atoms with Gasteiger partial charge in [0.05, 0.1) is 18.5 Å². The fourth-order valence-electron chi connectivity index (χ4n) is 4.18. The van der Waals surface area contributed by atoms with Crippen LogP contribution in [-0.4, -0.2) is 39.6 Å². The van der Waals surface area contributed by atoms with E-state index in [1.165, 1.54) is 0 Å². The van der Waals surface area contributed by atoms with Crippen molar-refractivity contribution in [2.75, 3.05) is 7.11 Å². The second kappa shape index (κ2) is 9.43. The molecule has 0 fully saturated rings. The van der Waals surface area contributed by atoms with Crippen LogP contribution in [0.15, 0.2) is 71.4 Å². The molecule has 0 saturated carbocycles. The van der Waals surface area contributed by atoms with Gasteiger partial charge < -0.3 is 4.74 Å². The smallest absolute Gasteiger partial charge is 0.271 e. The van der Waals surface area contributed by atoms with Crippen molar-refractivity contribution >= 4 is 17.9 Å². The zero-order valence-corrected chi connectivity index (χ0v) is 20.4. The van der Waals surface area contributed by atoms with Gasteiger partial charge in [0, 0.05) is 28.9 Å². The number of methoxy groups -OCH3 is 1. The SMILES string of the molecule is COc1ccc(-c2nn(-c3ccccc3)cc2/C=C2/C(=O)N(C(C)C)C(=O)C(C#N)=C2C)cc1C. The Bertz CT molecular complexity index is 1420. The molecule has 176 valence electrons. The van der Waals surface area contributed by atoms with Gasteiger partial charge in [0.1, 0.15) is 17.4 Å². The lowest BCUT2D eigenvalue weighted by atomic mass is 9.92. The molecule has 0 N–H and O–H groups in total. The molecule has 0 unspecified atom stereocenters. The van der Waals surface area contributed by atoms with Crippen LogP contribution in [0.3, 0.4) is 0 Å². The Morgan fingerprint density at radius 3 is 2.37 bits per heavy atom. The Morgan fingerprint density at radius 2 is 1.77 bits per heavy atom. The molecule has 1 aliphatic rings. The minimum Gasteiger partial charge on any atom is -0.496 e. The average Bonchev–Trinajstić information content (AvgIpc) is 3.26. The molecule has 2 heterocycles. The van der Waals surface area contributed by atoms with E-state index in [4.69, 9.17) is 9.84 Å². The fourth-order valence-corrected chi connectivity index (χ4v) is 4.18. The molecule has 7 heteroatoms. The van der Waals surface area contributed by atoms with Crippen molar-refractivity contribution in [2.24, 2.45) is 0 Å². The number of carbonyl (C=O) groups is 2. The first-order valence-corrected chi connectivity index (χ1v) is 11.3. The topological polar surface area (TPSA) is 88.2 Å². The van der Waals surface area contributed by atoms with Crippen molar-refractivity contribution in [3.05, 3.63) is 82.6 Å². The maximum absolute atomic E-state index is 13.4. The van der Waals surface area contributed by atoms with E-state index < -0.39 is 11.8 Å². The molecule has 1 aromatic heterocycles. The van der Waals surface area contributed by atoms with Gasteiger partial charge in [-0.15, -0.1) is 0 Å². The Morgan fingerprint density at radius 1 is 1.06 bits per heavy atom. The summed E-state index contributed by atoms with van der Waals surface area (Å²) in [6, 6.07) is 17.0. The number of nitrogens with zero attached hydrogens (tertiary/aromatic N) is 4. The summed E-state index contributed by atoms with van der Waals surface area (Å²) in [6.07, 6.45) is 3.57. The molecule has 4 rings (SSSR count). The molecule has 2 amide bonds. The van der Waals surface area contributed by atoms with E-state index in [9.17, 15) is 14.9 Å². The summed E-state index contributed by atoms with van der Waals surface area (Å²) in [5.41, 5.74) is 4.66. The zero-order chi connectivity index (χ0) is 25.3. The van der Waals surface area contributed by atoms with Crippen LogP contribution < -0.4 is 4.74 Å². The van der Waals surface area contributed by atoms with E-state index in [2.05, 4.69) is 0 Å². The third-order valence-electron chi connectivity index (χ3n) is 6.02. The quantitative estimate of drug-likeness (QED) is 0.396. The first-order chi connectivity index (χ1) is 16.8. The number of rotatable bonds is 5. The van der Waals surface area contributed by atoms with E-state index in [0.717, 1.165) is 27.5 Å². The van der Waals surface area contributed by atoms with Crippen LogP contribution in [0.5, 0.6) is 5.75 Å². The standard InChI is InChI=1S/C28H26N4O3/c1-17(2)32-27(33)23(19(4)24(15-29)28(32)34)14-21-16-31(22-9-7-6-8-10-22)30-26(21)20-11-12-25(35-5)18(3)13-20/h6-14,16-17H,1-5H3/b23-14+. The zero-order valence-electron chi connectivity index (χ0n) is 20.4.